The fourth-order valence-corrected chi connectivity index (χ4v) is 2.93. The molecule has 1 aromatic heterocycles. The molecule has 0 aliphatic heterocycles. The molecule has 0 saturated heterocycles. The molecule has 1 N–H and O–H groups in total. The van der Waals surface area contributed by atoms with Crippen molar-refractivity contribution in [3.8, 4) is 17.0 Å². The summed E-state index contributed by atoms with van der Waals surface area (Å²) < 4.78 is 13.0. The first-order valence-corrected chi connectivity index (χ1v) is 9.28. The molecule has 5 nitrogen and oxygen atoms in total. The summed E-state index contributed by atoms with van der Waals surface area (Å²) in [5.41, 5.74) is 4.65. The lowest BCUT2D eigenvalue weighted by Gasteiger charge is -2.13. The van der Waals surface area contributed by atoms with Crippen LogP contribution in [0.5, 0.6) is 5.75 Å². The molecule has 3 rings (SSSR count). The standard InChI is InChI=1S/C22H27N3O2/c1-4-27-20-11-9-19(10-12-20)21-16-24-22(25(21)13-14-26-3)23-15-18-7-5-17(2)6-8-18/h5-12,16H,4,13-15H2,1-3H3,(H,23,24). The number of nitrogens with one attached hydrogen (secondary N) is 1. The highest BCUT2D eigenvalue weighted by Gasteiger charge is 2.12. The van der Waals surface area contributed by atoms with Crippen molar-refractivity contribution in [2.24, 2.45) is 0 Å². The largest absolute Gasteiger partial charge is 0.494 e. The van der Waals surface area contributed by atoms with Gasteiger partial charge in [0.25, 0.3) is 0 Å². The minimum absolute atomic E-state index is 0.625. The zero-order chi connectivity index (χ0) is 19.1. The molecule has 142 valence electrons. The van der Waals surface area contributed by atoms with Gasteiger partial charge in [-0.3, -0.25) is 0 Å². The van der Waals surface area contributed by atoms with Crippen LogP contribution in [-0.2, 0) is 17.8 Å². The second-order valence-corrected chi connectivity index (χ2v) is 6.41. The van der Waals surface area contributed by atoms with Crippen molar-refractivity contribution in [3.05, 3.63) is 65.9 Å². The number of aryl methyl sites for hydroxylation is 1. The topological polar surface area (TPSA) is 48.3 Å². The molecule has 1 heterocycles. The van der Waals surface area contributed by atoms with Crippen molar-refractivity contribution in [3.63, 3.8) is 0 Å². The van der Waals surface area contributed by atoms with E-state index in [1.807, 2.05) is 25.3 Å². The van der Waals surface area contributed by atoms with Gasteiger partial charge in [-0.05, 0) is 43.7 Å². The number of nitrogens with zero attached hydrogens (tertiary/aromatic N) is 2. The fourth-order valence-electron chi connectivity index (χ4n) is 2.93. The van der Waals surface area contributed by atoms with Gasteiger partial charge in [-0.25, -0.2) is 4.98 Å². The number of aromatic nitrogens is 2. The van der Waals surface area contributed by atoms with Crippen LogP contribution in [0.1, 0.15) is 18.1 Å². The normalized spacial score (nSPS) is 10.8. The zero-order valence-corrected chi connectivity index (χ0v) is 16.2. The van der Waals surface area contributed by atoms with Gasteiger partial charge in [0.05, 0.1) is 25.1 Å². The minimum Gasteiger partial charge on any atom is -0.494 e. The van der Waals surface area contributed by atoms with Crippen molar-refractivity contribution in [1.29, 1.82) is 0 Å². The molecule has 0 unspecified atom stereocenters. The molecular weight excluding hydrogens is 338 g/mol. The highest BCUT2D eigenvalue weighted by Crippen LogP contribution is 2.25. The molecule has 5 heteroatoms. The minimum atomic E-state index is 0.625. The smallest absolute Gasteiger partial charge is 0.203 e. The Bertz CT molecular complexity index is 839. The average Bonchev–Trinajstić information content (AvgIpc) is 3.09. The van der Waals surface area contributed by atoms with Crippen molar-refractivity contribution < 1.29 is 9.47 Å². The molecule has 0 saturated carbocycles. The van der Waals surface area contributed by atoms with Crippen LogP contribution in [-0.4, -0.2) is 29.9 Å². The summed E-state index contributed by atoms with van der Waals surface area (Å²) in [6.07, 6.45) is 1.91. The van der Waals surface area contributed by atoms with Gasteiger partial charge < -0.3 is 19.4 Å². The molecule has 0 spiro atoms. The number of hydrogen-bond donors (Lipinski definition) is 1. The first-order chi connectivity index (χ1) is 13.2. The zero-order valence-electron chi connectivity index (χ0n) is 16.2. The first kappa shape index (κ1) is 19.0. The van der Waals surface area contributed by atoms with Crippen molar-refractivity contribution in [1.82, 2.24) is 9.55 Å². The maximum Gasteiger partial charge on any atom is 0.203 e. The van der Waals surface area contributed by atoms with E-state index in [4.69, 9.17) is 9.47 Å². The van der Waals surface area contributed by atoms with Crippen molar-refractivity contribution >= 4 is 5.95 Å². The molecular formula is C22H27N3O2. The molecule has 3 aromatic rings. The van der Waals surface area contributed by atoms with E-state index in [2.05, 4.69) is 58.2 Å². The van der Waals surface area contributed by atoms with Gasteiger partial charge >= 0.3 is 0 Å². The van der Waals surface area contributed by atoms with E-state index < -0.39 is 0 Å². The van der Waals surface area contributed by atoms with E-state index in [1.54, 1.807) is 7.11 Å². The second-order valence-electron chi connectivity index (χ2n) is 6.41. The van der Waals surface area contributed by atoms with Crippen LogP contribution < -0.4 is 10.1 Å². The molecule has 0 radical (unpaired) electrons. The van der Waals surface area contributed by atoms with Crippen molar-refractivity contribution in [2.75, 3.05) is 25.6 Å². The molecule has 0 amide bonds. The Labute approximate surface area is 161 Å². The Kier molecular flexibility index (Phi) is 6.49. The third-order valence-electron chi connectivity index (χ3n) is 4.41. The van der Waals surface area contributed by atoms with Crippen LogP contribution in [0.4, 0.5) is 5.95 Å². The lowest BCUT2D eigenvalue weighted by Crippen LogP contribution is -2.11. The summed E-state index contributed by atoms with van der Waals surface area (Å²) in [7, 11) is 1.72. The second kappa shape index (κ2) is 9.24. The average molecular weight is 365 g/mol. The Morgan fingerprint density at radius 1 is 1.04 bits per heavy atom. The van der Waals surface area contributed by atoms with Crippen LogP contribution in [0.3, 0.4) is 0 Å². The number of imidazole rings is 1. The lowest BCUT2D eigenvalue weighted by atomic mass is 10.1. The number of ether oxygens (including phenoxy) is 2. The SMILES string of the molecule is CCOc1ccc(-c2cnc(NCc3ccc(C)cc3)n2CCOC)cc1. The quantitative estimate of drug-likeness (QED) is 0.606. The van der Waals surface area contributed by atoms with E-state index in [1.165, 1.54) is 11.1 Å². The van der Waals surface area contributed by atoms with Gasteiger partial charge in [0.15, 0.2) is 0 Å². The van der Waals surface area contributed by atoms with Gasteiger partial charge in [0.1, 0.15) is 5.75 Å². The third kappa shape index (κ3) is 4.89. The fraction of sp³-hybridized carbons (Fsp3) is 0.318. The summed E-state index contributed by atoms with van der Waals surface area (Å²) in [5, 5.41) is 3.45. The number of anilines is 1. The van der Waals surface area contributed by atoms with Gasteiger partial charge in [0, 0.05) is 25.8 Å². The van der Waals surface area contributed by atoms with Crippen LogP contribution in [0.25, 0.3) is 11.3 Å². The van der Waals surface area contributed by atoms with Crippen LogP contribution >= 0.6 is 0 Å². The predicted octanol–water partition coefficient (Wildman–Crippen LogP) is 4.52. The molecule has 0 aliphatic carbocycles. The number of rotatable bonds is 9. The van der Waals surface area contributed by atoms with E-state index >= 15 is 0 Å². The molecule has 2 aromatic carbocycles. The van der Waals surface area contributed by atoms with Crippen LogP contribution in [0.2, 0.25) is 0 Å². The maximum atomic E-state index is 5.54. The van der Waals surface area contributed by atoms with Gasteiger partial charge in [-0.1, -0.05) is 29.8 Å². The molecule has 0 bridgehead atoms. The molecule has 27 heavy (non-hydrogen) atoms. The lowest BCUT2D eigenvalue weighted by molar-refractivity contribution is 0.188. The summed E-state index contributed by atoms with van der Waals surface area (Å²) in [6, 6.07) is 16.6. The monoisotopic (exact) mass is 365 g/mol. The summed E-state index contributed by atoms with van der Waals surface area (Å²) >= 11 is 0. The molecule has 0 fully saturated rings. The molecule has 0 atom stereocenters. The van der Waals surface area contributed by atoms with E-state index in [0.29, 0.717) is 13.2 Å². The van der Waals surface area contributed by atoms with E-state index in [9.17, 15) is 0 Å². The van der Waals surface area contributed by atoms with E-state index in [-0.39, 0.29) is 0 Å². The number of hydrogen-bond acceptors (Lipinski definition) is 4. The summed E-state index contributed by atoms with van der Waals surface area (Å²) in [5.74, 6) is 1.72. The Morgan fingerprint density at radius 2 is 1.78 bits per heavy atom. The van der Waals surface area contributed by atoms with Gasteiger partial charge in [-0.2, -0.15) is 0 Å². The predicted molar refractivity (Wildman–Crippen MR) is 109 cm³/mol. The third-order valence-corrected chi connectivity index (χ3v) is 4.41. The number of benzene rings is 2. The maximum absolute atomic E-state index is 5.54. The highest BCUT2D eigenvalue weighted by atomic mass is 16.5. The Hall–Kier alpha value is -2.79. The first-order valence-electron chi connectivity index (χ1n) is 9.28. The molecule has 0 aliphatic rings. The Morgan fingerprint density at radius 3 is 2.44 bits per heavy atom. The number of methoxy groups -OCH3 is 1. The summed E-state index contributed by atoms with van der Waals surface area (Å²) in [4.78, 5) is 4.60. The highest BCUT2D eigenvalue weighted by molar-refractivity contribution is 5.62. The van der Waals surface area contributed by atoms with Crippen LogP contribution in [0, 0.1) is 6.92 Å². The van der Waals surface area contributed by atoms with Crippen molar-refractivity contribution in [2.45, 2.75) is 26.9 Å². The van der Waals surface area contributed by atoms with E-state index in [0.717, 1.165) is 36.0 Å². The summed E-state index contributed by atoms with van der Waals surface area (Å²) in [6.45, 7) is 6.83. The Balaban J connectivity index is 1.80. The van der Waals surface area contributed by atoms with Gasteiger partial charge in [0.2, 0.25) is 5.95 Å². The van der Waals surface area contributed by atoms with Gasteiger partial charge in [-0.15, -0.1) is 0 Å². The van der Waals surface area contributed by atoms with Crippen LogP contribution in [0.15, 0.2) is 54.7 Å².